The molecule has 7 heteroatoms. The number of ketones is 1. The molecule has 0 aliphatic carbocycles. The lowest BCUT2D eigenvalue weighted by Crippen LogP contribution is -2.13. The molecule has 0 bridgehead atoms. The normalized spacial score (nSPS) is 10.6. The van der Waals surface area contributed by atoms with Crippen LogP contribution in [0.2, 0.25) is 0 Å². The Kier molecular flexibility index (Phi) is 5.18. The predicted octanol–water partition coefficient (Wildman–Crippen LogP) is 3.60. The molecule has 3 rings (SSSR count). The number of nitrogens with zero attached hydrogens (tertiary/aromatic N) is 2. The fourth-order valence-electron chi connectivity index (χ4n) is 2.72. The molecule has 0 N–H and O–H groups in total. The van der Waals surface area contributed by atoms with Crippen LogP contribution in [0.1, 0.15) is 32.1 Å². The molecule has 0 aliphatic rings. The lowest BCUT2D eigenvalue weighted by Gasteiger charge is -2.08. The summed E-state index contributed by atoms with van der Waals surface area (Å²) in [6.07, 6.45) is 1.73. The number of thiazole rings is 1. The number of aryl methyl sites for hydroxylation is 1. The number of methoxy groups -OCH3 is 1. The summed E-state index contributed by atoms with van der Waals surface area (Å²) in [7, 11) is 1.32. The standard InChI is InChI=1S/C19H18N2O4S/c1-12-9-16(13(2)21(12)19-20-7-8-26-19)17(22)11-25-15-6-4-5-14(10-15)18(23)24-3/h4-10H,11H2,1-3H3. The molecule has 0 fully saturated rings. The number of hydrogen-bond donors (Lipinski definition) is 0. The lowest BCUT2D eigenvalue weighted by atomic mass is 10.1. The molecule has 3 aromatic rings. The number of carbonyl (C=O) groups excluding carboxylic acids is 2. The van der Waals surface area contributed by atoms with E-state index in [1.165, 1.54) is 18.4 Å². The van der Waals surface area contributed by atoms with Crippen molar-refractivity contribution in [3.05, 3.63) is 64.4 Å². The summed E-state index contributed by atoms with van der Waals surface area (Å²) < 4.78 is 12.2. The van der Waals surface area contributed by atoms with Gasteiger partial charge in [-0.05, 0) is 38.1 Å². The van der Waals surface area contributed by atoms with Gasteiger partial charge in [-0.25, -0.2) is 9.78 Å². The van der Waals surface area contributed by atoms with Crippen LogP contribution in [0.5, 0.6) is 5.75 Å². The Hall–Kier alpha value is -2.93. The van der Waals surface area contributed by atoms with E-state index in [9.17, 15) is 9.59 Å². The first-order valence-corrected chi connectivity index (χ1v) is 8.82. The van der Waals surface area contributed by atoms with Crippen molar-refractivity contribution in [2.75, 3.05) is 13.7 Å². The van der Waals surface area contributed by atoms with Gasteiger partial charge in [0, 0.05) is 28.5 Å². The Morgan fingerprint density at radius 3 is 2.73 bits per heavy atom. The molecule has 0 amide bonds. The second-order valence-corrected chi connectivity index (χ2v) is 6.54. The van der Waals surface area contributed by atoms with Gasteiger partial charge in [0.25, 0.3) is 0 Å². The zero-order valence-corrected chi connectivity index (χ0v) is 15.5. The molecule has 1 aromatic carbocycles. The van der Waals surface area contributed by atoms with Gasteiger partial charge in [0.1, 0.15) is 5.75 Å². The van der Waals surface area contributed by atoms with Crippen LogP contribution in [0.4, 0.5) is 0 Å². The van der Waals surface area contributed by atoms with Crippen LogP contribution in [-0.2, 0) is 4.74 Å². The highest BCUT2D eigenvalue weighted by molar-refractivity contribution is 7.12. The molecular formula is C19H18N2O4S. The summed E-state index contributed by atoms with van der Waals surface area (Å²) in [4.78, 5) is 28.5. The molecule has 26 heavy (non-hydrogen) atoms. The summed E-state index contributed by atoms with van der Waals surface area (Å²) >= 11 is 1.51. The third kappa shape index (κ3) is 3.52. The average molecular weight is 370 g/mol. The molecule has 0 unspecified atom stereocenters. The fraction of sp³-hybridized carbons (Fsp3) is 0.211. The van der Waals surface area contributed by atoms with Gasteiger partial charge in [-0.15, -0.1) is 11.3 Å². The third-order valence-electron chi connectivity index (χ3n) is 3.97. The van der Waals surface area contributed by atoms with Gasteiger partial charge >= 0.3 is 5.97 Å². The summed E-state index contributed by atoms with van der Waals surface area (Å²) in [6.45, 7) is 3.71. The quantitative estimate of drug-likeness (QED) is 0.490. The summed E-state index contributed by atoms with van der Waals surface area (Å²) in [5, 5.41) is 2.72. The highest BCUT2D eigenvalue weighted by atomic mass is 32.1. The van der Waals surface area contributed by atoms with Crippen molar-refractivity contribution in [3.63, 3.8) is 0 Å². The predicted molar refractivity (Wildman–Crippen MR) is 98.5 cm³/mol. The molecular weight excluding hydrogens is 352 g/mol. The Balaban J connectivity index is 1.75. The fourth-order valence-corrected chi connectivity index (χ4v) is 3.47. The van der Waals surface area contributed by atoms with Crippen LogP contribution in [0, 0.1) is 13.8 Å². The van der Waals surface area contributed by atoms with Gasteiger partial charge in [0.2, 0.25) is 5.78 Å². The average Bonchev–Trinajstić information content (AvgIpc) is 3.27. The number of Topliss-reactive ketones (excluding diaryl/α,β-unsaturated/α-hetero) is 1. The number of carbonyl (C=O) groups is 2. The van der Waals surface area contributed by atoms with E-state index < -0.39 is 5.97 Å². The maximum absolute atomic E-state index is 12.6. The molecule has 2 heterocycles. The van der Waals surface area contributed by atoms with Crippen LogP contribution < -0.4 is 4.74 Å². The Morgan fingerprint density at radius 1 is 1.23 bits per heavy atom. The second kappa shape index (κ2) is 7.53. The zero-order valence-electron chi connectivity index (χ0n) is 14.7. The molecule has 0 saturated heterocycles. The van der Waals surface area contributed by atoms with Gasteiger partial charge in [0.05, 0.1) is 12.7 Å². The monoisotopic (exact) mass is 370 g/mol. The first-order chi connectivity index (χ1) is 12.5. The van der Waals surface area contributed by atoms with E-state index in [1.54, 1.807) is 30.5 Å². The van der Waals surface area contributed by atoms with Crippen molar-refractivity contribution in [2.45, 2.75) is 13.8 Å². The lowest BCUT2D eigenvalue weighted by molar-refractivity contribution is 0.0600. The van der Waals surface area contributed by atoms with Crippen molar-refractivity contribution in [1.82, 2.24) is 9.55 Å². The van der Waals surface area contributed by atoms with E-state index in [4.69, 9.17) is 4.74 Å². The van der Waals surface area contributed by atoms with Crippen LogP contribution >= 0.6 is 11.3 Å². The van der Waals surface area contributed by atoms with E-state index in [0.29, 0.717) is 16.9 Å². The zero-order chi connectivity index (χ0) is 18.7. The maximum atomic E-state index is 12.6. The number of rotatable bonds is 6. The first kappa shape index (κ1) is 17.9. The maximum Gasteiger partial charge on any atom is 0.337 e. The number of benzene rings is 1. The van der Waals surface area contributed by atoms with Gasteiger partial charge < -0.3 is 9.47 Å². The molecule has 0 saturated carbocycles. The van der Waals surface area contributed by atoms with Crippen LogP contribution in [0.15, 0.2) is 41.9 Å². The highest BCUT2D eigenvalue weighted by Gasteiger charge is 2.18. The van der Waals surface area contributed by atoms with E-state index in [1.807, 2.05) is 29.9 Å². The first-order valence-electron chi connectivity index (χ1n) is 7.94. The van der Waals surface area contributed by atoms with E-state index >= 15 is 0 Å². The Labute approximate surface area is 155 Å². The summed E-state index contributed by atoms with van der Waals surface area (Å²) in [5.74, 6) is -0.145. The second-order valence-electron chi connectivity index (χ2n) is 5.67. The molecule has 2 aromatic heterocycles. The number of ether oxygens (including phenoxy) is 2. The smallest absolute Gasteiger partial charge is 0.337 e. The van der Waals surface area contributed by atoms with Crippen molar-refractivity contribution < 1.29 is 19.1 Å². The Morgan fingerprint density at radius 2 is 2.04 bits per heavy atom. The molecule has 0 atom stereocenters. The highest BCUT2D eigenvalue weighted by Crippen LogP contribution is 2.23. The van der Waals surface area contributed by atoms with Crippen molar-refractivity contribution in [3.8, 4) is 10.9 Å². The molecule has 0 aliphatic heterocycles. The van der Waals surface area contributed by atoms with Gasteiger partial charge in [-0.2, -0.15) is 0 Å². The van der Waals surface area contributed by atoms with Gasteiger partial charge in [0.15, 0.2) is 11.7 Å². The van der Waals surface area contributed by atoms with E-state index in [0.717, 1.165) is 16.5 Å². The third-order valence-corrected chi connectivity index (χ3v) is 4.72. The summed E-state index contributed by atoms with van der Waals surface area (Å²) in [6, 6.07) is 8.40. The number of esters is 1. The van der Waals surface area contributed by atoms with E-state index in [-0.39, 0.29) is 12.4 Å². The molecule has 134 valence electrons. The van der Waals surface area contributed by atoms with Crippen molar-refractivity contribution in [1.29, 1.82) is 0 Å². The van der Waals surface area contributed by atoms with Crippen LogP contribution in [0.3, 0.4) is 0 Å². The largest absolute Gasteiger partial charge is 0.485 e. The SMILES string of the molecule is COC(=O)c1cccc(OCC(=O)c2cc(C)n(-c3nccs3)c2C)c1. The molecule has 0 spiro atoms. The minimum atomic E-state index is -0.450. The van der Waals surface area contributed by atoms with Crippen LogP contribution in [-0.4, -0.2) is 35.0 Å². The minimum Gasteiger partial charge on any atom is -0.485 e. The van der Waals surface area contributed by atoms with Crippen LogP contribution in [0.25, 0.3) is 5.13 Å². The van der Waals surface area contributed by atoms with Gasteiger partial charge in [-0.3, -0.25) is 9.36 Å². The van der Waals surface area contributed by atoms with Crippen molar-refractivity contribution in [2.24, 2.45) is 0 Å². The van der Waals surface area contributed by atoms with Crippen molar-refractivity contribution >= 4 is 23.1 Å². The topological polar surface area (TPSA) is 70.4 Å². The van der Waals surface area contributed by atoms with Gasteiger partial charge in [-0.1, -0.05) is 6.07 Å². The number of aromatic nitrogens is 2. The molecule has 6 nitrogen and oxygen atoms in total. The van der Waals surface area contributed by atoms with E-state index in [2.05, 4.69) is 9.72 Å². The summed E-state index contributed by atoms with van der Waals surface area (Å²) in [5.41, 5.74) is 2.74. The number of hydrogen-bond acceptors (Lipinski definition) is 6. The molecule has 0 radical (unpaired) electrons. The Bertz CT molecular complexity index is 945. The minimum absolute atomic E-state index is 0.118.